The van der Waals surface area contributed by atoms with Gasteiger partial charge in [0.2, 0.25) is 5.91 Å². The van der Waals surface area contributed by atoms with Crippen LogP contribution in [0.4, 0.5) is 0 Å². The van der Waals surface area contributed by atoms with E-state index in [1.165, 1.54) is 0 Å². The number of aromatic nitrogens is 2. The number of carbonyl (C=O) groups is 2. The van der Waals surface area contributed by atoms with Gasteiger partial charge in [-0.25, -0.2) is 0 Å². The first-order chi connectivity index (χ1) is 13.1. The van der Waals surface area contributed by atoms with Crippen molar-refractivity contribution >= 4 is 11.8 Å². The zero-order valence-electron chi connectivity index (χ0n) is 15.5. The molecule has 2 aliphatic heterocycles. The van der Waals surface area contributed by atoms with Gasteiger partial charge in [0, 0.05) is 32.8 Å². The number of nitrogens with zero attached hydrogens (tertiary/aromatic N) is 4. The van der Waals surface area contributed by atoms with Crippen LogP contribution in [0, 0.1) is 0 Å². The molecule has 7 heteroatoms. The van der Waals surface area contributed by atoms with E-state index < -0.39 is 6.04 Å². The fourth-order valence-corrected chi connectivity index (χ4v) is 3.91. The molecular weight excluding hydrogens is 344 g/mol. The van der Waals surface area contributed by atoms with Crippen LogP contribution in [-0.2, 0) is 11.8 Å². The van der Waals surface area contributed by atoms with Crippen LogP contribution in [0.3, 0.4) is 0 Å². The lowest BCUT2D eigenvalue weighted by atomic mass is 10.1. The number of para-hydroxylation sites is 1. The monoisotopic (exact) mass is 368 g/mol. The number of benzene rings is 1. The Morgan fingerprint density at radius 2 is 1.85 bits per heavy atom. The molecule has 3 heterocycles. The number of ether oxygens (including phenoxy) is 1. The predicted molar refractivity (Wildman–Crippen MR) is 99.3 cm³/mol. The highest BCUT2D eigenvalue weighted by Crippen LogP contribution is 2.27. The van der Waals surface area contributed by atoms with Crippen molar-refractivity contribution in [1.82, 2.24) is 19.6 Å². The molecule has 0 aliphatic carbocycles. The molecule has 0 N–H and O–H groups in total. The van der Waals surface area contributed by atoms with Crippen LogP contribution in [0.15, 0.2) is 42.6 Å². The summed E-state index contributed by atoms with van der Waals surface area (Å²) in [5.74, 6) is 0.610. The van der Waals surface area contributed by atoms with Gasteiger partial charge < -0.3 is 14.5 Å². The third kappa shape index (κ3) is 3.54. The van der Waals surface area contributed by atoms with E-state index in [0.717, 1.165) is 31.7 Å². The zero-order valence-corrected chi connectivity index (χ0v) is 15.5. The van der Waals surface area contributed by atoms with Gasteiger partial charge in [0.15, 0.2) is 0 Å². The van der Waals surface area contributed by atoms with Crippen molar-refractivity contribution in [3.8, 4) is 5.75 Å². The summed E-state index contributed by atoms with van der Waals surface area (Å²) in [4.78, 5) is 29.7. The summed E-state index contributed by atoms with van der Waals surface area (Å²) in [5, 5.41) is 4.09. The second-order valence-electron chi connectivity index (χ2n) is 7.13. The summed E-state index contributed by atoms with van der Waals surface area (Å²) in [6.07, 6.45) is 3.95. The number of carbonyl (C=O) groups excluding carboxylic acids is 2. The molecule has 2 saturated heterocycles. The smallest absolute Gasteiger partial charge is 0.272 e. The van der Waals surface area contributed by atoms with Gasteiger partial charge in [0.1, 0.15) is 23.6 Å². The molecule has 0 spiro atoms. The second-order valence-corrected chi connectivity index (χ2v) is 7.13. The molecule has 0 bridgehead atoms. The van der Waals surface area contributed by atoms with Crippen LogP contribution in [0.2, 0.25) is 0 Å². The predicted octanol–water partition coefficient (Wildman–Crippen LogP) is 1.70. The maximum atomic E-state index is 13.1. The third-order valence-electron chi connectivity index (χ3n) is 5.31. The Labute approximate surface area is 158 Å². The van der Waals surface area contributed by atoms with E-state index in [0.29, 0.717) is 18.7 Å². The van der Waals surface area contributed by atoms with E-state index in [2.05, 4.69) is 5.10 Å². The molecule has 2 aliphatic rings. The maximum absolute atomic E-state index is 13.1. The van der Waals surface area contributed by atoms with Crippen molar-refractivity contribution in [3.63, 3.8) is 0 Å². The molecule has 2 aromatic rings. The van der Waals surface area contributed by atoms with E-state index >= 15 is 0 Å². The highest BCUT2D eigenvalue weighted by Gasteiger charge is 2.43. The lowest BCUT2D eigenvalue weighted by molar-refractivity contribution is -0.134. The van der Waals surface area contributed by atoms with Crippen LogP contribution in [0.5, 0.6) is 5.75 Å². The topological polar surface area (TPSA) is 67.7 Å². The normalized spacial score (nSPS) is 22.3. The Bertz CT molecular complexity index is 814. The Balaban J connectivity index is 1.56. The molecule has 2 atom stereocenters. The number of aryl methyl sites for hydroxylation is 1. The third-order valence-corrected chi connectivity index (χ3v) is 5.31. The molecule has 0 saturated carbocycles. The van der Waals surface area contributed by atoms with E-state index in [-0.39, 0.29) is 17.9 Å². The number of hydrogen-bond acceptors (Lipinski definition) is 4. The summed E-state index contributed by atoms with van der Waals surface area (Å²) in [6, 6.07) is 10.7. The fraction of sp³-hybridized carbons (Fsp3) is 0.450. The SMILES string of the molecule is Cn1nccc1C(=O)N1CC(Oc2ccccc2)CC1C(=O)N1CCCC1. The van der Waals surface area contributed by atoms with Crippen LogP contribution in [-0.4, -0.2) is 63.2 Å². The van der Waals surface area contributed by atoms with Gasteiger partial charge in [-0.05, 0) is 31.0 Å². The molecule has 2 amide bonds. The van der Waals surface area contributed by atoms with Crippen molar-refractivity contribution in [2.75, 3.05) is 19.6 Å². The van der Waals surface area contributed by atoms with E-state index in [1.807, 2.05) is 35.2 Å². The van der Waals surface area contributed by atoms with Gasteiger partial charge in [-0.2, -0.15) is 5.10 Å². The van der Waals surface area contributed by atoms with Crippen LogP contribution < -0.4 is 4.74 Å². The zero-order chi connectivity index (χ0) is 18.8. The van der Waals surface area contributed by atoms with E-state index in [4.69, 9.17) is 4.74 Å². The Kier molecular flexibility index (Phi) is 4.83. The highest BCUT2D eigenvalue weighted by molar-refractivity contribution is 5.96. The largest absolute Gasteiger partial charge is 0.488 e. The van der Waals surface area contributed by atoms with Gasteiger partial charge in [-0.3, -0.25) is 14.3 Å². The van der Waals surface area contributed by atoms with Crippen molar-refractivity contribution in [1.29, 1.82) is 0 Å². The number of hydrogen-bond donors (Lipinski definition) is 0. The number of rotatable bonds is 4. The molecule has 7 nitrogen and oxygen atoms in total. The molecule has 0 radical (unpaired) electrons. The Morgan fingerprint density at radius 3 is 2.52 bits per heavy atom. The molecule has 142 valence electrons. The van der Waals surface area contributed by atoms with Crippen LogP contribution in [0.25, 0.3) is 0 Å². The van der Waals surface area contributed by atoms with Crippen LogP contribution >= 0.6 is 0 Å². The molecule has 2 fully saturated rings. The standard InChI is InChI=1S/C20H24N4O3/c1-22-17(9-10-21-22)20(26)24-14-16(27-15-7-3-2-4-8-15)13-18(24)19(25)23-11-5-6-12-23/h2-4,7-10,16,18H,5-6,11-14H2,1H3. The number of likely N-dealkylation sites (tertiary alicyclic amines) is 2. The van der Waals surface area contributed by atoms with Gasteiger partial charge in [0.25, 0.3) is 5.91 Å². The maximum Gasteiger partial charge on any atom is 0.272 e. The molecule has 4 rings (SSSR count). The van der Waals surface area contributed by atoms with E-state index in [1.54, 1.807) is 28.9 Å². The quantitative estimate of drug-likeness (QED) is 0.824. The Morgan fingerprint density at radius 1 is 1.11 bits per heavy atom. The second kappa shape index (κ2) is 7.42. The highest BCUT2D eigenvalue weighted by atomic mass is 16.5. The molecular formula is C20H24N4O3. The van der Waals surface area contributed by atoms with Gasteiger partial charge in [-0.15, -0.1) is 0 Å². The Hall–Kier alpha value is -2.83. The first kappa shape index (κ1) is 17.6. The molecule has 1 aromatic heterocycles. The summed E-state index contributed by atoms with van der Waals surface area (Å²) in [5.41, 5.74) is 0.481. The summed E-state index contributed by atoms with van der Waals surface area (Å²) < 4.78 is 7.61. The van der Waals surface area contributed by atoms with Gasteiger partial charge in [0.05, 0.1) is 6.54 Å². The first-order valence-electron chi connectivity index (χ1n) is 9.43. The van der Waals surface area contributed by atoms with Gasteiger partial charge >= 0.3 is 0 Å². The van der Waals surface area contributed by atoms with Crippen molar-refractivity contribution in [3.05, 3.63) is 48.3 Å². The van der Waals surface area contributed by atoms with Crippen molar-refractivity contribution in [2.24, 2.45) is 7.05 Å². The van der Waals surface area contributed by atoms with Crippen molar-refractivity contribution in [2.45, 2.75) is 31.4 Å². The van der Waals surface area contributed by atoms with Crippen molar-refractivity contribution < 1.29 is 14.3 Å². The van der Waals surface area contributed by atoms with Gasteiger partial charge in [-0.1, -0.05) is 18.2 Å². The minimum absolute atomic E-state index is 0.0298. The average Bonchev–Trinajstić information content (AvgIpc) is 3.42. The molecule has 1 aromatic carbocycles. The molecule has 27 heavy (non-hydrogen) atoms. The lowest BCUT2D eigenvalue weighted by Gasteiger charge is -2.27. The summed E-state index contributed by atoms with van der Waals surface area (Å²) in [7, 11) is 1.73. The minimum atomic E-state index is -0.487. The number of amides is 2. The van der Waals surface area contributed by atoms with Crippen LogP contribution in [0.1, 0.15) is 29.8 Å². The summed E-state index contributed by atoms with van der Waals surface area (Å²) >= 11 is 0. The summed E-state index contributed by atoms with van der Waals surface area (Å²) in [6.45, 7) is 1.93. The fourth-order valence-electron chi connectivity index (χ4n) is 3.91. The first-order valence-corrected chi connectivity index (χ1v) is 9.43. The minimum Gasteiger partial charge on any atom is -0.488 e. The lowest BCUT2D eigenvalue weighted by Crippen LogP contribution is -2.47. The average molecular weight is 368 g/mol. The molecule has 2 unspecified atom stereocenters. The van der Waals surface area contributed by atoms with E-state index in [9.17, 15) is 9.59 Å².